The molecule has 1 aromatic heterocycles. The lowest BCUT2D eigenvalue weighted by molar-refractivity contribution is 0.624. The standard InChI is InChI=1S/C19H14ClFN2S/c20-14-8-6-13(7-9-14)17-12-18(19-5-2-10-24-19)23(22-17)16-4-1-3-15(21)11-16/h1-11,18H,12H2. The fourth-order valence-corrected chi connectivity index (χ4v) is 3.82. The smallest absolute Gasteiger partial charge is 0.125 e. The number of thiophene rings is 1. The monoisotopic (exact) mass is 356 g/mol. The van der Waals surface area contributed by atoms with Gasteiger partial charge in [0.25, 0.3) is 0 Å². The van der Waals surface area contributed by atoms with Gasteiger partial charge in [-0.05, 0) is 47.3 Å². The number of hydrazone groups is 1. The summed E-state index contributed by atoms with van der Waals surface area (Å²) in [5.41, 5.74) is 2.78. The molecule has 3 aromatic rings. The molecule has 0 saturated carbocycles. The Morgan fingerprint density at radius 1 is 1.08 bits per heavy atom. The molecule has 0 spiro atoms. The molecule has 1 unspecified atom stereocenters. The van der Waals surface area contributed by atoms with E-state index in [1.165, 1.54) is 17.0 Å². The number of hydrogen-bond acceptors (Lipinski definition) is 3. The maximum absolute atomic E-state index is 13.7. The molecular formula is C19H14ClFN2S. The van der Waals surface area contributed by atoms with Gasteiger partial charge < -0.3 is 0 Å². The van der Waals surface area contributed by atoms with Crippen LogP contribution in [0.3, 0.4) is 0 Å². The average molecular weight is 357 g/mol. The summed E-state index contributed by atoms with van der Waals surface area (Å²) in [5, 5.41) is 9.46. The van der Waals surface area contributed by atoms with Crippen LogP contribution in [0, 0.1) is 5.82 Å². The van der Waals surface area contributed by atoms with Gasteiger partial charge in [0.15, 0.2) is 0 Å². The van der Waals surface area contributed by atoms with Crippen molar-refractivity contribution in [1.82, 2.24) is 0 Å². The highest BCUT2D eigenvalue weighted by Gasteiger charge is 2.30. The van der Waals surface area contributed by atoms with E-state index in [1.807, 2.05) is 41.4 Å². The van der Waals surface area contributed by atoms with Crippen LogP contribution in [0.25, 0.3) is 0 Å². The molecule has 0 amide bonds. The van der Waals surface area contributed by atoms with Gasteiger partial charge in [-0.15, -0.1) is 11.3 Å². The minimum atomic E-state index is -0.257. The molecule has 0 aliphatic carbocycles. The lowest BCUT2D eigenvalue weighted by Gasteiger charge is -2.22. The van der Waals surface area contributed by atoms with Crippen molar-refractivity contribution in [1.29, 1.82) is 0 Å². The number of halogens is 2. The quantitative estimate of drug-likeness (QED) is 0.570. The molecule has 2 nitrogen and oxygen atoms in total. The number of hydrogen-bond donors (Lipinski definition) is 0. The second kappa shape index (κ2) is 6.38. The van der Waals surface area contributed by atoms with Crippen LogP contribution in [0.1, 0.15) is 22.9 Å². The van der Waals surface area contributed by atoms with Crippen LogP contribution in [0.4, 0.5) is 10.1 Å². The van der Waals surface area contributed by atoms with Gasteiger partial charge in [0.1, 0.15) is 5.82 Å². The summed E-state index contributed by atoms with van der Waals surface area (Å²) in [5.74, 6) is -0.257. The van der Waals surface area contributed by atoms with Crippen LogP contribution >= 0.6 is 22.9 Å². The van der Waals surface area contributed by atoms with Crippen LogP contribution in [-0.2, 0) is 0 Å². The zero-order valence-electron chi connectivity index (χ0n) is 12.7. The van der Waals surface area contributed by atoms with Crippen molar-refractivity contribution in [2.24, 2.45) is 5.10 Å². The highest BCUT2D eigenvalue weighted by atomic mass is 35.5. The number of rotatable bonds is 3. The molecule has 4 rings (SSSR count). The Hall–Kier alpha value is -2.17. The maximum Gasteiger partial charge on any atom is 0.125 e. The summed E-state index contributed by atoms with van der Waals surface area (Å²) in [6.07, 6.45) is 0.776. The molecule has 24 heavy (non-hydrogen) atoms. The number of anilines is 1. The third-order valence-electron chi connectivity index (χ3n) is 4.03. The van der Waals surface area contributed by atoms with Gasteiger partial charge in [0.2, 0.25) is 0 Å². The van der Waals surface area contributed by atoms with Gasteiger partial charge in [-0.2, -0.15) is 5.10 Å². The maximum atomic E-state index is 13.7. The predicted octanol–water partition coefficient (Wildman–Crippen LogP) is 5.90. The van der Waals surface area contributed by atoms with Gasteiger partial charge in [-0.1, -0.05) is 35.9 Å². The highest BCUT2D eigenvalue weighted by molar-refractivity contribution is 7.10. The minimum Gasteiger partial charge on any atom is -0.256 e. The lowest BCUT2D eigenvalue weighted by Crippen LogP contribution is -2.17. The van der Waals surface area contributed by atoms with Crippen LogP contribution in [0.15, 0.2) is 71.1 Å². The molecule has 120 valence electrons. The number of nitrogens with zero attached hydrogens (tertiary/aromatic N) is 2. The molecule has 0 radical (unpaired) electrons. The Balaban J connectivity index is 1.75. The topological polar surface area (TPSA) is 15.6 Å². The van der Waals surface area contributed by atoms with Gasteiger partial charge in [-0.25, -0.2) is 4.39 Å². The first-order chi connectivity index (χ1) is 11.7. The van der Waals surface area contributed by atoms with Gasteiger partial charge in [-0.3, -0.25) is 5.01 Å². The summed E-state index contributed by atoms with van der Waals surface area (Å²) in [7, 11) is 0. The Morgan fingerprint density at radius 3 is 2.62 bits per heavy atom. The first-order valence-corrected chi connectivity index (χ1v) is 8.88. The van der Waals surface area contributed by atoms with Crippen LogP contribution < -0.4 is 5.01 Å². The van der Waals surface area contributed by atoms with E-state index in [4.69, 9.17) is 16.7 Å². The van der Waals surface area contributed by atoms with Crippen molar-refractivity contribution in [2.45, 2.75) is 12.5 Å². The summed E-state index contributed by atoms with van der Waals surface area (Å²) < 4.78 is 13.7. The largest absolute Gasteiger partial charge is 0.256 e. The van der Waals surface area contributed by atoms with E-state index in [0.29, 0.717) is 5.02 Å². The van der Waals surface area contributed by atoms with E-state index in [2.05, 4.69) is 11.4 Å². The molecule has 1 aliphatic rings. The first-order valence-electron chi connectivity index (χ1n) is 7.62. The molecule has 0 N–H and O–H groups in total. The average Bonchev–Trinajstić information content (AvgIpc) is 3.25. The molecule has 1 atom stereocenters. The third kappa shape index (κ3) is 2.95. The summed E-state index contributed by atoms with van der Waals surface area (Å²) in [6, 6.07) is 18.5. The molecule has 0 saturated heterocycles. The Kier molecular flexibility index (Phi) is 4.08. The molecule has 0 fully saturated rings. The predicted molar refractivity (Wildman–Crippen MR) is 98.5 cm³/mol. The van der Waals surface area contributed by atoms with Crippen LogP contribution in [-0.4, -0.2) is 5.71 Å². The van der Waals surface area contributed by atoms with E-state index in [1.54, 1.807) is 17.4 Å². The zero-order valence-corrected chi connectivity index (χ0v) is 14.3. The van der Waals surface area contributed by atoms with E-state index in [9.17, 15) is 4.39 Å². The molecule has 2 aromatic carbocycles. The van der Waals surface area contributed by atoms with Gasteiger partial charge in [0.05, 0.1) is 17.4 Å². The summed E-state index contributed by atoms with van der Waals surface area (Å²) in [4.78, 5) is 1.21. The second-order valence-corrected chi connectivity index (χ2v) is 7.03. The molecule has 2 heterocycles. The van der Waals surface area contributed by atoms with Gasteiger partial charge in [0, 0.05) is 16.3 Å². The summed E-state index contributed by atoms with van der Waals surface area (Å²) >= 11 is 7.67. The Morgan fingerprint density at radius 2 is 1.92 bits per heavy atom. The third-order valence-corrected chi connectivity index (χ3v) is 5.26. The Bertz CT molecular complexity index is 875. The molecular weight excluding hydrogens is 343 g/mol. The van der Waals surface area contributed by atoms with E-state index in [0.717, 1.165) is 23.4 Å². The Labute approximate surface area is 148 Å². The molecule has 5 heteroatoms. The lowest BCUT2D eigenvalue weighted by atomic mass is 10.0. The first kappa shape index (κ1) is 15.4. The van der Waals surface area contributed by atoms with Gasteiger partial charge >= 0.3 is 0 Å². The van der Waals surface area contributed by atoms with Crippen molar-refractivity contribution in [3.8, 4) is 0 Å². The SMILES string of the molecule is Fc1cccc(N2N=C(c3ccc(Cl)cc3)CC2c2cccs2)c1. The highest BCUT2D eigenvalue weighted by Crippen LogP contribution is 2.38. The summed E-state index contributed by atoms with van der Waals surface area (Å²) in [6.45, 7) is 0. The number of benzene rings is 2. The molecule has 0 bridgehead atoms. The fourth-order valence-electron chi connectivity index (χ4n) is 2.89. The van der Waals surface area contributed by atoms with Crippen molar-refractivity contribution < 1.29 is 4.39 Å². The van der Waals surface area contributed by atoms with E-state index >= 15 is 0 Å². The van der Waals surface area contributed by atoms with E-state index in [-0.39, 0.29) is 11.9 Å². The second-order valence-electron chi connectivity index (χ2n) is 5.61. The van der Waals surface area contributed by atoms with Crippen LogP contribution in [0.5, 0.6) is 0 Å². The van der Waals surface area contributed by atoms with Crippen LogP contribution in [0.2, 0.25) is 5.02 Å². The van der Waals surface area contributed by atoms with Crippen molar-refractivity contribution >= 4 is 34.3 Å². The van der Waals surface area contributed by atoms with Crippen molar-refractivity contribution in [3.63, 3.8) is 0 Å². The van der Waals surface area contributed by atoms with Crippen molar-refractivity contribution in [2.75, 3.05) is 5.01 Å². The fraction of sp³-hybridized carbons (Fsp3) is 0.105. The normalized spacial score (nSPS) is 17.2. The zero-order chi connectivity index (χ0) is 16.5. The van der Waals surface area contributed by atoms with Crippen molar-refractivity contribution in [3.05, 3.63) is 87.3 Å². The molecule has 1 aliphatic heterocycles. The van der Waals surface area contributed by atoms with E-state index < -0.39 is 0 Å². The minimum absolute atomic E-state index is 0.0810.